The molecule has 3 heterocycles. The molecule has 2 atom stereocenters. The Kier molecular flexibility index (Phi) is 7.02. The van der Waals surface area contributed by atoms with Crippen molar-refractivity contribution in [2.75, 3.05) is 13.2 Å². The van der Waals surface area contributed by atoms with Crippen molar-refractivity contribution in [3.63, 3.8) is 0 Å². The van der Waals surface area contributed by atoms with Crippen LogP contribution < -0.4 is 0 Å². The van der Waals surface area contributed by atoms with Crippen LogP contribution in [0, 0.1) is 10.8 Å². The number of benzene rings is 1. The molecule has 3 aromatic rings. The zero-order valence-corrected chi connectivity index (χ0v) is 24.0. The minimum atomic E-state index is -0.582. The van der Waals surface area contributed by atoms with E-state index in [9.17, 15) is 9.90 Å². The Labute approximate surface area is 229 Å². The van der Waals surface area contributed by atoms with E-state index < -0.39 is 5.91 Å². The Bertz CT molecular complexity index is 1380. The highest BCUT2D eigenvalue weighted by atomic mass is 79.9. The SMILES string of the molecule is C/C(=N\OCC(=O)N=Nc1c(O)n(CN2CC3(C)CC2CC(C)(C)C3)c2ccc(Br)cc12)c1cccs1. The summed E-state index contributed by atoms with van der Waals surface area (Å²) < 4.78 is 2.73. The summed E-state index contributed by atoms with van der Waals surface area (Å²) in [4.78, 5) is 21.0. The molecule has 37 heavy (non-hydrogen) atoms. The van der Waals surface area contributed by atoms with Gasteiger partial charge in [-0.15, -0.1) is 21.6 Å². The van der Waals surface area contributed by atoms with E-state index in [1.54, 1.807) is 11.3 Å². The topological polar surface area (TPSA) is 91.8 Å². The fraction of sp³-hybridized carbons (Fsp3) is 0.481. The van der Waals surface area contributed by atoms with Crippen LogP contribution in [0.1, 0.15) is 51.8 Å². The number of likely N-dealkylation sites (tertiary alicyclic amines) is 1. The summed E-state index contributed by atoms with van der Waals surface area (Å²) in [7, 11) is 0. The average Bonchev–Trinajstić information content (AvgIpc) is 3.49. The fourth-order valence-electron chi connectivity index (χ4n) is 6.31. The smallest absolute Gasteiger partial charge is 0.304 e. The van der Waals surface area contributed by atoms with Gasteiger partial charge in [-0.2, -0.15) is 0 Å². The third-order valence-electron chi connectivity index (χ3n) is 7.35. The van der Waals surface area contributed by atoms with E-state index in [2.05, 4.69) is 57.0 Å². The van der Waals surface area contributed by atoms with Gasteiger partial charge < -0.3 is 9.94 Å². The van der Waals surface area contributed by atoms with E-state index in [0.717, 1.165) is 33.2 Å². The number of carbonyl (C=O) groups is 1. The number of aromatic hydroxyl groups is 1. The highest BCUT2D eigenvalue weighted by Gasteiger charge is 2.49. The van der Waals surface area contributed by atoms with Gasteiger partial charge in [0.1, 0.15) is 0 Å². The molecule has 2 bridgehead atoms. The van der Waals surface area contributed by atoms with Gasteiger partial charge in [0.15, 0.2) is 12.3 Å². The number of azo groups is 1. The van der Waals surface area contributed by atoms with Crippen molar-refractivity contribution in [2.24, 2.45) is 26.2 Å². The monoisotopic (exact) mass is 585 g/mol. The van der Waals surface area contributed by atoms with Gasteiger partial charge in [-0.1, -0.05) is 47.9 Å². The molecule has 0 radical (unpaired) electrons. The minimum Gasteiger partial charge on any atom is -0.493 e. The highest BCUT2D eigenvalue weighted by Crippen LogP contribution is 2.53. The first-order valence-electron chi connectivity index (χ1n) is 12.4. The summed E-state index contributed by atoms with van der Waals surface area (Å²) in [6.07, 6.45) is 3.53. The van der Waals surface area contributed by atoms with Gasteiger partial charge in [-0.05, 0) is 66.7 Å². The van der Waals surface area contributed by atoms with Crippen LogP contribution in [0.5, 0.6) is 5.88 Å². The molecule has 1 aliphatic heterocycles. The van der Waals surface area contributed by atoms with Crippen molar-refractivity contribution < 1.29 is 14.7 Å². The number of halogens is 1. The van der Waals surface area contributed by atoms with Crippen molar-refractivity contribution in [3.05, 3.63) is 45.1 Å². The molecular formula is C27H32BrN5O3S. The van der Waals surface area contributed by atoms with E-state index in [1.807, 2.05) is 47.2 Å². The molecule has 0 spiro atoms. The summed E-state index contributed by atoms with van der Waals surface area (Å²) in [5.74, 6) is -0.579. The second-order valence-corrected chi connectivity index (χ2v) is 13.2. The molecule has 2 unspecified atom stereocenters. The maximum Gasteiger partial charge on any atom is 0.304 e. The highest BCUT2D eigenvalue weighted by molar-refractivity contribution is 9.10. The van der Waals surface area contributed by atoms with Gasteiger partial charge in [0.05, 0.1) is 22.8 Å². The van der Waals surface area contributed by atoms with Crippen molar-refractivity contribution in [3.8, 4) is 5.88 Å². The number of oxime groups is 1. The molecule has 2 aromatic heterocycles. The summed E-state index contributed by atoms with van der Waals surface area (Å²) in [5, 5.41) is 25.9. The van der Waals surface area contributed by atoms with E-state index in [-0.39, 0.29) is 23.6 Å². The number of carbonyl (C=O) groups excluding carboxylic acids is 1. The van der Waals surface area contributed by atoms with E-state index in [1.165, 1.54) is 12.8 Å². The first-order valence-corrected chi connectivity index (χ1v) is 14.1. The quantitative estimate of drug-likeness (QED) is 0.182. The maximum atomic E-state index is 12.3. The van der Waals surface area contributed by atoms with Crippen LogP contribution in [0.15, 0.2) is 55.6 Å². The lowest BCUT2D eigenvalue weighted by molar-refractivity contribution is -0.122. The lowest BCUT2D eigenvalue weighted by Crippen LogP contribution is -2.35. The lowest BCUT2D eigenvalue weighted by atomic mass is 9.65. The molecule has 1 aliphatic carbocycles. The van der Waals surface area contributed by atoms with Crippen molar-refractivity contribution in [2.45, 2.75) is 59.7 Å². The van der Waals surface area contributed by atoms with Crippen molar-refractivity contribution in [1.29, 1.82) is 0 Å². The molecule has 2 fully saturated rings. The predicted molar refractivity (Wildman–Crippen MR) is 150 cm³/mol. The molecule has 1 amide bonds. The number of amides is 1. The van der Waals surface area contributed by atoms with Gasteiger partial charge in [-0.3, -0.25) is 14.3 Å². The Balaban J connectivity index is 1.35. The van der Waals surface area contributed by atoms with Crippen molar-refractivity contribution in [1.82, 2.24) is 9.47 Å². The molecule has 1 aromatic carbocycles. The number of hydrogen-bond acceptors (Lipinski definition) is 7. The third kappa shape index (κ3) is 5.51. The van der Waals surface area contributed by atoms with Gasteiger partial charge in [0.2, 0.25) is 5.88 Å². The van der Waals surface area contributed by atoms with Crippen LogP contribution in [0.4, 0.5) is 5.69 Å². The van der Waals surface area contributed by atoms with Gasteiger partial charge in [0.25, 0.3) is 0 Å². The largest absolute Gasteiger partial charge is 0.493 e. The average molecular weight is 587 g/mol. The van der Waals surface area contributed by atoms with Crippen LogP contribution in [0.25, 0.3) is 10.9 Å². The van der Waals surface area contributed by atoms with E-state index in [4.69, 9.17) is 4.84 Å². The Morgan fingerprint density at radius 1 is 1.27 bits per heavy atom. The van der Waals surface area contributed by atoms with E-state index in [0.29, 0.717) is 23.8 Å². The lowest BCUT2D eigenvalue weighted by Gasteiger charge is -2.40. The second-order valence-electron chi connectivity index (χ2n) is 11.4. The fourth-order valence-corrected chi connectivity index (χ4v) is 7.34. The zero-order chi connectivity index (χ0) is 26.4. The summed E-state index contributed by atoms with van der Waals surface area (Å²) in [6.45, 7) is 10.1. The molecule has 1 saturated carbocycles. The molecule has 1 saturated heterocycles. The second kappa shape index (κ2) is 9.96. The first-order chi connectivity index (χ1) is 17.5. The molecule has 8 nitrogen and oxygen atoms in total. The Morgan fingerprint density at radius 3 is 2.84 bits per heavy atom. The predicted octanol–water partition coefficient (Wildman–Crippen LogP) is 7.08. The van der Waals surface area contributed by atoms with Gasteiger partial charge in [0, 0.05) is 22.4 Å². The molecule has 5 rings (SSSR count). The molecule has 196 valence electrons. The van der Waals surface area contributed by atoms with E-state index >= 15 is 0 Å². The van der Waals surface area contributed by atoms with Crippen LogP contribution >= 0.6 is 27.3 Å². The number of hydrogen-bond donors (Lipinski definition) is 1. The summed E-state index contributed by atoms with van der Waals surface area (Å²) in [6, 6.07) is 10.1. The maximum absolute atomic E-state index is 12.3. The molecule has 2 aliphatic rings. The molecule has 1 N–H and O–H groups in total. The third-order valence-corrected chi connectivity index (χ3v) is 8.82. The van der Waals surface area contributed by atoms with Crippen LogP contribution in [-0.2, 0) is 16.3 Å². The van der Waals surface area contributed by atoms with Crippen LogP contribution in [0.2, 0.25) is 0 Å². The first kappa shape index (κ1) is 26.1. The van der Waals surface area contributed by atoms with Crippen molar-refractivity contribution >= 4 is 55.5 Å². The van der Waals surface area contributed by atoms with Crippen LogP contribution in [0.3, 0.4) is 0 Å². The zero-order valence-electron chi connectivity index (χ0n) is 21.6. The Hall–Kier alpha value is -2.56. The summed E-state index contributed by atoms with van der Waals surface area (Å²) >= 11 is 5.06. The van der Waals surface area contributed by atoms with Gasteiger partial charge >= 0.3 is 5.91 Å². The number of thiophene rings is 1. The molecule has 10 heteroatoms. The summed E-state index contributed by atoms with van der Waals surface area (Å²) in [5.41, 5.74) is 2.41. The van der Waals surface area contributed by atoms with Crippen LogP contribution in [-0.4, -0.2) is 45.4 Å². The van der Waals surface area contributed by atoms with Gasteiger partial charge in [-0.25, -0.2) is 0 Å². The normalized spacial score (nSPS) is 23.8. The molecular weight excluding hydrogens is 554 g/mol. The standard InChI is InChI=1S/C27H32BrN5O3S/c1-17(22-6-5-9-37-22)31-36-13-23(34)29-30-24-20-10-18(28)7-8-21(20)33(25(24)35)16-32-15-27(4)12-19(32)11-26(2,3)14-27/h5-10,19,35H,11-16H2,1-4H3/b30-29?,31-17+. The Morgan fingerprint density at radius 2 is 2.08 bits per heavy atom. The number of fused-ring (bicyclic) bond motifs is 3. The number of aromatic nitrogens is 1. The minimum absolute atomic E-state index is 0.00277. The number of nitrogens with zero attached hydrogens (tertiary/aromatic N) is 5. The number of rotatable bonds is 7.